The average molecular weight is 431 g/mol. The molecular formula is C20H12F3N3O3S. The zero-order chi connectivity index (χ0) is 21.4. The number of anilines is 1. The number of carbonyl (C=O) groups excluding carboxylic acids is 1. The number of thiophene rings is 1. The van der Waals surface area contributed by atoms with Crippen LogP contribution in [0.15, 0.2) is 53.9 Å². The molecule has 2 N–H and O–H groups in total. The minimum Gasteiger partial charge on any atom is -0.478 e. The van der Waals surface area contributed by atoms with Gasteiger partial charge in [0.05, 0.1) is 11.0 Å². The molecule has 6 nitrogen and oxygen atoms in total. The van der Waals surface area contributed by atoms with Gasteiger partial charge in [0, 0.05) is 16.5 Å². The number of nitrogens with zero attached hydrogens (tertiary/aromatic N) is 2. The van der Waals surface area contributed by atoms with Gasteiger partial charge in [0.1, 0.15) is 22.2 Å². The lowest BCUT2D eigenvalue weighted by Gasteiger charge is -2.09. The minimum absolute atomic E-state index is 0.0129. The van der Waals surface area contributed by atoms with Crippen LogP contribution in [0.1, 0.15) is 27.3 Å². The molecule has 0 bridgehead atoms. The third kappa shape index (κ3) is 3.41. The van der Waals surface area contributed by atoms with Gasteiger partial charge in [-0.2, -0.15) is 8.78 Å². The predicted molar refractivity (Wildman–Crippen MR) is 106 cm³/mol. The third-order valence-electron chi connectivity index (χ3n) is 4.35. The van der Waals surface area contributed by atoms with E-state index in [2.05, 4.69) is 10.3 Å². The first kappa shape index (κ1) is 19.6. The molecule has 30 heavy (non-hydrogen) atoms. The second-order valence-electron chi connectivity index (χ2n) is 6.19. The van der Waals surface area contributed by atoms with E-state index in [1.54, 1.807) is 12.1 Å². The van der Waals surface area contributed by atoms with Gasteiger partial charge in [0.25, 0.3) is 5.91 Å². The Hall–Kier alpha value is -3.66. The summed E-state index contributed by atoms with van der Waals surface area (Å²) in [6.07, 6.45) is 0. The number of alkyl halides is 2. The van der Waals surface area contributed by atoms with Gasteiger partial charge in [0.2, 0.25) is 0 Å². The van der Waals surface area contributed by atoms with Gasteiger partial charge in [-0.3, -0.25) is 9.36 Å². The smallest absolute Gasteiger partial charge is 0.339 e. The number of nitrogens with one attached hydrogen (secondary N) is 1. The topological polar surface area (TPSA) is 84.2 Å². The highest BCUT2D eigenvalue weighted by atomic mass is 32.1. The number of amides is 1. The molecule has 2 aromatic carbocycles. The number of carboxylic acid groups (broad SMARTS) is 1. The van der Waals surface area contributed by atoms with Crippen molar-refractivity contribution in [1.82, 2.24) is 9.55 Å². The molecule has 152 valence electrons. The molecule has 0 aliphatic heterocycles. The number of imidazole rings is 1. The number of benzene rings is 2. The van der Waals surface area contributed by atoms with Crippen LogP contribution in [0.25, 0.3) is 22.4 Å². The first-order chi connectivity index (χ1) is 14.4. The molecule has 0 unspecified atom stereocenters. The minimum atomic E-state index is -2.96. The lowest BCUT2D eigenvalue weighted by atomic mass is 10.1. The number of carbonyl (C=O) groups is 2. The molecule has 1 amide bonds. The Morgan fingerprint density at radius 3 is 2.60 bits per heavy atom. The summed E-state index contributed by atoms with van der Waals surface area (Å²) < 4.78 is 41.5. The van der Waals surface area contributed by atoms with E-state index in [-0.39, 0.29) is 38.5 Å². The average Bonchev–Trinajstić information content (AvgIpc) is 3.29. The van der Waals surface area contributed by atoms with Gasteiger partial charge in [0.15, 0.2) is 0 Å². The fraction of sp³-hybridized carbons (Fsp3) is 0.0500. The van der Waals surface area contributed by atoms with Crippen molar-refractivity contribution in [3.8, 4) is 11.4 Å². The highest BCUT2D eigenvalue weighted by molar-refractivity contribution is 7.15. The third-order valence-corrected chi connectivity index (χ3v) is 5.25. The van der Waals surface area contributed by atoms with Crippen molar-refractivity contribution in [3.63, 3.8) is 0 Å². The Bertz CT molecular complexity index is 1280. The summed E-state index contributed by atoms with van der Waals surface area (Å²) in [7, 11) is 0. The van der Waals surface area contributed by atoms with E-state index >= 15 is 0 Å². The van der Waals surface area contributed by atoms with Gasteiger partial charge in [-0.1, -0.05) is 18.2 Å². The van der Waals surface area contributed by atoms with Crippen LogP contribution in [0.5, 0.6) is 0 Å². The van der Waals surface area contributed by atoms with E-state index in [0.717, 1.165) is 23.5 Å². The lowest BCUT2D eigenvalue weighted by Crippen LogP contribution is -2.14. The summed E-state index contributed by atoms with van der Waals surface area (Å²) in [6.45, 7) is -2.96. The molecule has 2 aromatic heterocycles. The summed E-state index contributed by atoms with van der Waals surface area (Å²) in [4.78, 5) is 28.5. The molecule has 4 rings (SSSR count). The molecule has 0 fully saturated rings. The highest BCUT2D eigenvalue weighted by Crippen LogP contribution is 2.38. The second kappa shape index (κ2) is 7.64. The van der Waals surface area contributed by atoms with Crippen LogP contribution in [-0.2, 0) is 0 Å². The SMILES string of the molecule is O=C(Nc1scc(-c2nc3ccccc3n2C(F)F)c1C(=O)O)c1cccc(F)c1. The number of fused-ring (bicyclic) bond motifs is 1. The van der Waals surface area contributed by atoms with Crippen LogP contribution >= 0.6 is 11.3 Å². The maximum Gasteiger partial charge on any atom is 0.339 e. The number of carboxylic acids is 1. The maximum atomic E-state index is 13.8. The molecule has 0 aliphatic rings. The molecule has 2 heterocycles. The maximum absolute atomic E-state index is 13.8. The van der Waals surface area contributed by atoms with Crippen LogP contribution in [0.3, 0.4) is 0 Å². The van der Waals surface area contributed by atoms with Gasteiger partial charge in [-0.15, -0.1) is 11.3 Å². The zero-order valence-electron chi connectivity index (χ0n) is 15.0. The Morgan fingerprint density at radius 1 is 1.13 bits per heavy atom. The monoisotopic (exact) mass is 431 g/mol. The van der Waals surface area contributed by atoms with Crippen molar-refractivity contribution < 1.29 is 27.9 Å². The standard InChI is InChI=1S/C20H12F3N3O3S/c21-11-5-3-4-10(8-11)17(27)25-18-15(19(28)29)12(9-30-18)16-24-13-6-1-2-7-14(13)26(16)20(22)23/h1-9,20H,(H,25,27)(H,28,29). The Morgan fingerprint density at radius 2 is 1.90 bits per heavy atom. The summed E-state index contributed by atoms with van der Waals surface area (Å²) in [5.41, 5.74) is -0.0160. The summed E-state index contributed by atoms with van der Waals surface area (Å²) in [5, 5.41) is 13.4. The van der Waals surface area contributed by atoms with Crippen molar-refractivity contribution >= 4 is 39.2 Å². The molecule has 0 spiro atoms. The number of aromatic carboxylic acids is 1. The summed E-state index contributed by atoms with van der Waals surface area (Å²) in [6, 6.07) is 11.1. The molecule has 0 saturated heterocycles. The van der Waals surface area contributed by atoms with Crippen LogP contribution in [0, 0.1) is 5.82 Å². The lowest BCUT2D eigenvalue weighted by molar-refractivity contribution is 0.0694. The summed E-state index contributed by atoms with van der Waals surface area (Å²) in [5.74, 6) is -3.01. The van der Waals surface area contributed by atoms with E-state index in [1.165, 1.54) is 29.6 Å². The zero-order valence-corrected chi connectivity index (χ0v) is 15.8. The number of hydrogen-bond acceptors (Lipinski definition) is 4. The van der Waals surface area contributed by atoms with Gasteiger partial charge in [-0.05, 0) is 30.3 Å². The number of hydrogen-bond donors (Lipinski definition) is 2. The number of rotatable bonds is 5. The number of aromatic nitrogens is 2. The fourth-order valence-electron chi connectivity index (χ4n) is 3.06. The highest BCUT2D eigenvalue weighted by Gasteiger charge is 2.27. The fourth-order valence-corrected chi connectivity index (χ4v) is 3.99. The van der Waals surface area contributed by atoms with Crippen molar-refractivity contribution in [2.24, 2.45) is 0 Å². The second-order valence-corrected chi connectivity index (χ2v) is 7.07. The van der Waals surface area contributed by atoms with Crippen molar-refractivity contribution in [2.45, 2.75) is 6.55 Å². The van der Waals surface area contributed by atoms with E-state index in [0.29, 0.717) is 4.57 Å². The van der Waals surface area contributed by atoms with Crippen LogP contribution in [0.2, 0.25) is 0 Å². The van der Waals surface area contributed by atoms with Gasteiger partial charge < -0.3 is 10.4 Å². The van der Waals surface area contributed by atoms with Crippen LogP contribution in [-0.4, -0.2) is 26.5 Å². The molecule has 0 radical (unpaired) electrons. The van der Waals surface area contributed by atoms with E-state index in [4.69, 9.17) is 0 Å². The van der Waals surface area contributed by atoms with Crippen LogP contribution < -0.4 is 5.32 Å². The quantitative estimate of drug-likeness (QED) is 0.452. The number of para-hydroxylation sites is 2. The van der Waals surface area contributed by atoms with E-state index < -0.39 is 24.2 Å². The Kier molecular flexibility index (Phi) is 5.00. The molecule has 0 aliphatic carbocycles. The van der Waals surface area contributed by atoms with E-state index in [1.807, 2.05) is 0 Å². The predicted octanol–water partition coefficient (Wildman–Crippen LogP) is 5.25. The first-order valence-corrected chi connectivity index (χ1v) is 9.42. The van der Waals surface area contributed by atoms with Crippen LogP contribution in [0.4, 0.5) is 18.2 Å². The molecular weight excluding hydrogens is 419 g/mol. The Labute approximate surface area is 171 Å². The molecule has 10 heteroatoms. The normalized spacial score (nSPS) is 11.2. The van der Waals surface area contributed by atoms with Gasteiger partial charge >= 0.3 is 12.5 Å². The van der Waals surface area contributed by atoms with Crippen molar-refractivity contribution in [3.05, 3.63) is 70.9 Å². The molecule has 0 saturated carbocycles. The van der Waals surface area contributed by atoms with Crippen molar-refractivity contribution in [1.29, 1.82) is 0 Å². The first-order valence-electron chi connectivity index (χ1n) is 8.54. The molecule has 0 atom stereocenters. The Balaban J connectivity index is 1.81. The summed E-state index contributed by atoms with van der Waals surface area (Å²) >= 11 is 0.852. The van der Waals surface area contributed by atoms with E-state index in [9.17, 15) is 27.9 Å². The number of halogens is 3. The van der Waals surface area contributed by atoms with Crippen molar-refractivity contribution in [2.75, 3.05) is 5.32 Å². The van der Waals surface area contributed by atoms with Gasteiger partial charge in [-0.25, -0.2) is 14.2 Å². The molecule has 4 aromatic rings. The largest absolute Gasteiger partial charge is 0.478 e.